The highest BCUT2D eigenvalue weighted by Crippen LogP contribution is 2.24. The van der Waals surface area contributed by atoms with Crippen LogP contribution in [-0.4, -0.2) is 27.4 Å². The zero-order valence-electron chi connectivity index (χ0n) is 9.55. The minimum Gasteiger partial charge on any atom is -0.394 e. The quantitative estimate of drug-likeness (QED) is 0.847. The number of hydrogen-bond donors (Lipinski definition) is 2. The molecule has 1 unspecified atom stereocenters. The number of hydrogen-bond acceptors (Lipinski definition) is 3. The summed E-state index contributed by atoms with van der Waals surface area (Å²) >= 11 is 9.15. The maximum Gasteiger partial charge on any atom is 0.122 e. The fourth-order valence-electron chi connectivity index (χ4n) is 1.65. The first kappa shape index (κ1) is 13.4. The number of nitrogens with zero attached hydrogens (tertiary/aromatic N) is 2. The fourth-order valence-corrected chi connectivity index (χ4v) is 2.15. The predicted molar refractivity (Wildman–Crippen MR) is 76.6 cm³/mol. The van der Waals surface area contributed by atoms with Gasteiger partial charge < -0.3 is 10.8 Å². The van der Waals surface area contributed by atoms with Crippen molar-refractivity contribution in [2.24, 2.45) is 0 Å². The molecule has 0 saturated heterocycles. The number of nitrogen functional groups attached to an aromatic ring is 1. The van der Waals surface area contributed by atoms with E-state index < -0.39 is 0 Å². The van der Waals surface area contributed by atoms with Gasteiger partial charge in [-0.25, -0.2) is 4.68 Å². The number of anilines is 1. The lowest BCUT2D eigenvalue weighted by molar-refractivity contribution is 0.233. The summed E-state index contributed by atoms with van der Waals surface area (Å²) in [6.45, 7) is -0.0881. The summed E-state index contributed by atoms with van der Waals surface area (Å²) in [6.07, 6.45) is 0. The minimum absolute atomic E-state index is 0.0881. The maximum absolute atomic E-state index is 9.21. The van der Waals surface area contributed by atoms with Crippen LogP contribution >= 0.6 is 27.5 Å². The summed E-state index contributed by atoms with van der Waals surface area (Å²) in [5.41, 5.74) is 7.62. The summed E-state index contributed by atoms with van der Waals surface area (Å²) in [6, 6.07) is 9.26. The summed E-state index contributed by atoms with van der Waals surface area (Å²) in [7, 11) is 0. The minimum atomic E-state index is -0.295. The van der Waals surface area contributed by atoms with E-state index in [9.17, 15) is 5.11 Å². The van der Waals surface area contributed by atoms with Gasteiger partial charge in [0, 0.05) is 22.0 Å². The molecule has 6 heteroatoms. The Kier molecular flexibility index (Phi) is 4.27. The van der Waals surface area contributed by atoms with Crippen molar-refractivity contribution in [1.29, 1.82) is 0 Å². The topological polar surface area (TPSA) is 64.1 Å². The third-order valence-electron chi connectivity index (χ3n) is 2.64. The third-order valence-corrected chi connectivity index (χ3v) is 3.52. The Morgan fingerprint density at radius 2 is 2.06 bits per heavy atom. The van der Waals surface area contributed by atoms with Crippen LogP contribution in [0.25, 0.3) is 11.3 Å². The second-order valence-electron chi connectivity index (χ2n) is 3.90. The number of aliphatic hydroxyl groups is 1. The lowest BCUT2D eigenvalue weighted by atomic mass is 10.2. The van der Waals surface area contributed by atoms with E-state index in [0.717, 1.165) is 15.7 Å². The number of benzene rings is 1. The van der Waals surface area contributed by atoms with Crippen LogP contribution in [0.1, 0.15) is 6.04 Å². The standard InChI is InChI=1S/C12H13BrClN3O/c13-9-3-1-8(2-4-9)11-5-12(15)17(16-11)10(6-14)7-18/h1-5,10,18H,6-7,15H2. The molecule has 1 aromatic heterocycles. The molecule has 0 aliphatic rings. The second kappa shape index (κ2) is 5.73. The first-order chi connectivity index (χ1) is 8.65. The van der Waals surface area contributed by atoms with E-state index in [2.05, 4.69) is 21.0 Å². The van der Waals surface area contributed by atoms with Crippen molar-refractivity contribution in [2.45, 2.75) is 6.04 Å². The van der Waals surface area contributed by atoms with Gasteiger partial charge in [0.25, 0.3) is 0 Å². The van der Waals surface area contributed by atoms with Crippen LogP contribution in [0.2, 0.25) is 0 Å². The van der Waals surface area contributed by atoms with Crippen molar-refractivity contribution < 1.29 is 5.11 Å². The van der Waals surface area contributed by atoms with E-state index in [1.54, 1.807) is 10.7 Å². The van der Waals surface area contributed by atoms with Gasteiger partial charge in [-0.2, -0.15) is 5.10 Å². The van der Waals surface area contributed by atoms with Gasteiger partial charge >= 0.3 is 0 Å². The predicted octanol–water partition coefficient (Wildman–Crippen LogP) is 2.67. The zero-order chi connectivity index (χ0) is 13.1. The highest BCUT2D eigenvalue weighted by Gasteiger charge is 2.14. The molecule has 3 N–H and O–H groups in total. The first-order valence-electron chi connectivity index (χ1n) is 5.43. The molecule has 0 saturated carbocycles. The fraction of sp³-hybridized carbons (Fsp3) is 0.250. The Morgan fingerprint density at radius 3 is 2.61 bits per heavy atom. The van der Waals surface area contributed by atoms with E-state index >= 15 is 0 Å². The molecule has 2 rings (SSSR count). The van der Waals surface area contributed by atoms with Gasteiger partial charge in [0.05, 0.1) is 18.3 Å². The van der Waals surface area contributed by atoms with E-state index in [1.807, 2.05) is 24.3 Å². The number of nitrogens with two attached hydrogens (primary N) is 1. The van der Waals surface area contributed by atoms with Crippen LogP contribution in [0.4, 0.5) is 5.82 Å². The molecule has 1 heterocycles. The van der Waals surface area contributed by atoms with Crippen molar-refractivity contribution in [3.05, 3.63) is 34.8 Å². The highest BCUT2D eigenvalue weighted by atomic mass is 79.9. The number of rotatable bonds is 4. The van der Waals surface area contributed by atoms with Gasteiger partial charge in [-0.3, -0.25) is 0 Å². The monoisotopic (exact) mass is 329 g/mol. The van der Waals surface area contributed by atoms with Crippen molar-refractivity contribution >= 4 is 33.3 Å². The lowest BCUT2D eigenvalue weighted by Gasteiger charge is -2.12. The Balaban J connectivity index is 2.36. The lowest BCUT2D eigenvalue weighted by Crippen LogP contribution is -2.18. The third kappa shape index (κ3) is 2.68. The highest BCUT2D eigenvalue weighted by molar-refractivity contribution is 9.10. The molecule has 0 spiro atoms. The molecule has 0 fully saturated rings. The number of alkyl halides is 1. The Morgan fingerprint density at radius 1 is 1.39 bits per heavy atom. The Hall–Kier alpha value is -1.04. The van der Waals surface area contributed by atoms with Crippen LogP contribution in [0.15, 0.2) is 34.8 Å². The Bertz CT molecular complexity index is 523. The van der Waals surface area contributed by atoms with Crippen LogP contribution < -0.4 is 5.73 Å². The molecule has 0 aliphatic carbocycles. The van der Waals surface area contributed by atoms with Crippen LogP contribution in [0.3, 0.4) is 0 Å². The zero-order valence-corrected chi connectivity index (χ0v) is 11.9. The molecule has 0 bridgehead atoms. The molecular weight excluding hydrogens is 318 g/mol. The number of aliphatic hydroxyl groups excluding tert-OH is 1. The average Bonchev–Trinajstić information content (AvgIpc) is 2.74. The molecule has 18 heavy (non-hydrogen) atoms. The van der Waals surface area contributed by atoms with Gasteiger partial charge in [0.15, 0.2) is 0 Å². The first-order valence-corrected chi connectivity index (χ1v) is 6.76. The smallest absolute Gasteiger partial charge is 0.122 e. The van der Waals surface area contributed by atoms with Gasteiger partial charge in [-0.1, -0.05) is 28.1 Å². The van der Waals surface area contributed by atoms with Gasteiger partial charge in [0.2, 0.25) is 0 Å². The van der Waals surface area contributed by atoms with E-state index in [1.165, 1.54) is 0 Å². The molecule has 0 amide bonds. The van der Waals surface area contributed by atoms with Crippen LogP contribution in [0, 0.1) is 0 Å². The summed E-state index contributed by atoms with van der Waals surface area (Å²) in [5, 5.41) is 13.6. The normalized spacial score (nSPS) is 12.6. The molecule has 0 radical (unpaired) electrons. The van der Waals surface area contributed by atoms with Gasteiger partial charge in [-0.05, 0) is 12.1 Å². The average molecular weight is 331 g/mol. The molecule has 96 valence electrons. The summed E-state index contributed by atoms with van der Waals surface area (Å²) in [5.74, 6) is 0.759. The molecule has 0 aliphatic heterocycles. The van der Waals surface area contributed by atoms with E-state index in [4.69, 9.17) is 17.3 Å². The number of halogens is 2. The van der Waals surface area contributed by atoms with E-state index in [0.29, 0.717) is 5.82 Å². The molecule has 1 atom stereocenters. The molecule has 4 nitrogen and oxygen atoms in total. The second-order valence-corrected chi connectivity index (χ2v) is 5.12. The van der Waals surface area contributed by atoms with Crippen molar-refractivity contribution in [3.8, 4) is 11.3 Å². The van der Waals surface area contributed by atoms with Crippen molar-refractivity contribution in [1.82, 2.24) is 9.78 Å². The van der Waals surface area contributed by atoms with Crippen molar-refractivity contribution in [3.63, 3.8) is 0 Å². The SMILES string of the molecule is Nc1cc(-c2ccc(Br)cc2)nn1C(CO)CCl. The van der Waals surface area contributed by atoms with Crippen LogP contribution in [-0.2, 0) is 0 Å². The molecule has 1 aromatic carbocycles. The molecular formula is C12H13BrClN3O. The largest absolute Gasteiger partial charge is 0.394 e. The van der Waals surface area contributed by atoms with Crippen molar-refractivity contribution in [2.75, 3.05) is 18.2 Å². The summed E-state index contributed by atoms with van der Waals surface area (Å²) < 4.78 is 2.57. The summed E-state index contributed by atoms with van der Waals surface area (Å²) in [4.78, 5) is 0. The van der Waals surface area contributed by atoms with Gasteiger partial charge in [-0.15, -0.1) is 11.6 Å². The Labute approximate surface area is 118 Å². The van der Waals surface area contributed by atoms with Crippen LogP contribution in [0.5, 0.6) is 0 Å². The number of aromatic nitrogens is 2. The van der Waals surface area contributed by atoms with Gasteiger partial charge in [0.1, 0.15) is 5.82 Å². The van der Waals surface area contributed by atoms with E-state index in [-0.39, 0.29) is 18.5 Å². The molecule has 2 aromatic rings. The maximum atomic E-state index is 9.21.